The molecule has 4 aromatic rings. The summed E-state index contributed by atoms with van der Waals surface area (Å²) in [5.74, 6) is -0.747. The van der Waals surface area contributed by atoms with Gasteiger partial charge in [0.2, 0.25) is 5.91 Å². The van der Waals surface area contributed by atoms with Gasteiger partial charge in [-0.3, -0.25) is 4.79 Å². The number of carbonyl (C=O) groups excluding carboxylic acids is 1. The van der Waals surface area contributed by atoms with Crippen LogP contribution >= 0.6 is 0 Å². The molecule has 1 amide bonds. The van der Waals surface area contributed by atoms with E-state index in [-0.39, 0.29) is 23.5 Å². The molecule has 148 valence electrons. The number of rotatable bonds is 3. The van der Waals surface area contributed by atoms with Crippen molar-refractivity contribution in [2.45, 2.75) is 18.9 Å². The van der Waals surface area contributed by atoms with Gasteiger partial charge in [0.25, 0.3) is 0 Å². The predicted octanol–water partition coefficient (Wildman–Crippen LogP) is 6.19. The summed E-state index contributed by atoms with van der Waals surface area (Å²) >= 11 is 0. The number of benzene rings is 4. The van der Waals surface area contributed by atoms with E-state index in [1.807, 2.05) is 24.3 Å². The van der Waals surface area contributed by atoms with Crippen LogP contribution in [0.1, 0.15) is 29.0 Å². The first-order chi connectivity index (χ1) is 14.6. The molecule has 0 bridgehead atoms. The number of hydrogen-bond donors (Lipinski definition) is 0. The van der Waals surface area contributed by atoms with Crippen molar-refractivity contribution < 1.29 is 13.6 Å². The molecule has 4 heteroatoms. The summed E-state index contributed by atoms with van der Waals surface area (Å²) in [6.45, 7) is 0.376. The van der Waals surface area contributed by atoms with Gasteiger partial charge in [0, 0.05) is 18.0 Å². The molecule has 1 aliphatic heterocycles. The van der Waals surface area contributed by atoms with E-state index in [0.29, 0.717) is 13.0 Å². The fraction of sp³-hybridized carbons (Fsp3) is 0.115. The monoisotopic (exact) mass is 399 g/mol. The molecule has 1 unspecified atom stereocenters. The summed E-state index contributed by atoms with van der Waals surface area (Å²) in [5, 5.41) is 2.18. The van der Waals surface area contributed by atoms with Crippen molar-refractivity contribution in [2.24, 2.45) is 0 Å². The molecule has 0 aromatic heterocycles. The number of amides is 1. The van der Waals surface area contributed by atoms with Gasteiger partial charge < -0.3 is 4.90 Å². The quantitative estimate of drug-likeness (QED) is 0.402. The minimum Gasteiger partial charge on any atom is -0.308 e. The van der Waals surface area contributed by atoms with Gasteiger partial charge in [-0.05, 0) is 57.8 Å². The smallest absolute Gasteiger partial charge is 0.228 e. The van der Waals surface area contributed by atoms with E-state index in [2.05, 4.69) is 12.1 Å². The molecule has 0 aliphatic carbocycles. The number of carbonyl (C=O) groups is 1. The summed E-state index contributed by atoms with van der Waals surface area (Å²) in [5.41, 5.74) is 3.71. The molecule has 4 aromatic carbocycles. The number of fused-ring (bicyclic) bond motifs is 3. The first-order valence-corrected chi connectivity index (χ1v) is 9.92. The van der Waals surface area contributed by atoms with Crippen LogP contribution in [0.3, 0.4) is 0 Å². The van der Waals surface area contributed by atoms with Crippen LogP contribution in [-0.2, 0) is 11.3 Å². The van der Waals surface area contributed by atoms with Crippen LogP contribution in [0, 0.1) is 11.6 Å². The molecule has 0 N–H and O–H groups in total. The van der Waals surface area contributed by atoms with E-state index < -0.39 is 0 Å². The molecule has 1 aliphatic rings. The summed E-state index contributed by atoms with van der Waals surface area (Å²) in [4.78, 5) is 15.0. The van der Waals surface area contributed by atoms with Crippen molar-refractivity contribution in [1.29, 1.82) is 0 Å². The Balaban J connectivity index is 1.66. The lowest BCUT2D eigenvalue weighted by atomic mass is 9.81. The summed E-state index contributed by atoms with van der Waals surface area (Å²) in [6, 6.07) is 24.7. The highest BCUT2D eigenvalue weighted by atomic mass is 19.1. The third kappa shape index (κ3) is 3.24. The second-order valence-electron chi connectivity index (χ2n) is 7.63. The SMILES string of the molecule is O=C1CC(c2ccc(F)cc2)c2c(ccc3ccccc23)N1Cc1ccc(F)cc1. The van der Waals surface area contributed by atoms with Crippen LogP contribution in [0.25, 0.3) is 10.8 Å². The fourth-order valence-electron chi connectivity index (χ4n) is 4.33. The zero-order valence-corrected chi connectivity index (χ0v) is 16.2. The van der Waals surface area contributed by atoms with Gasteiger partial charge in [-0.1, -0.05) is 54.6 Å². The fourth-order valence-corrected chi connectivity index (χ4v) is 4.33. The Bertz CT molecular complexity index is 1230. The van der Waals surface area contributed by atoms with Crippen molar-refractivity contribution >= 4 is 22.4 Å². The molecule has 1 atom stereocenters. The first kappa shape index (κ1) is 18.5. The normalized spacial score (nSPS) is 16.0. The van der Waals surface area contributed by atoms with E-state index in [1.165, 1.54) is 24.3 Å². The molecular weight excluding hydrogens is 380 g/mol. The van der Waals surface area contributed by atoms with Crippen molar-refractivity contribution in [1.82, 2.24) is 0 Å². The van der Waals surface area contributed by atoms with Crippen LogP contribution in [0.2, 0.25) is 0 Å². The Labute approximate surface area is 173 Å². The molecule has 5 rings (SSSR count). The lowest BCUT2D eigenvalue weighted by molar-refractivity contribution is -0.119. The minimum absolute atomic E-state index is 0.00330. The topological polar surface area (TPSA) is 20.3 Å². The van der Waals surface area contributed by atoms with Gasteiger partial charge in [0.1, 0.15) is 11.6 Å². The summed E-state index contributed by atoms with van der Waals surface area (Å²) in [6.07, 6.45) is 0.299. The summed E-state index contributed by atoms with van der Waals surface area (Å²) < 4.78 is 26.8. The van der Waals surface area contributed by atoms with Crippen molar-refractivity contribution in [3.63, 3.8) is 0 Å². The lowest BCUT2D eigenvalue weighted by Gasteiger charge is -2.35. The standard InChI is InChI=1S/C26H19F2NO/c27-20-10-5-17(6-11-20)16-29-24-14-9-18-3-1-2-4-22(18)26(24)23(15-25(29)30)19-7-12-21(28)13-8-19/h1-14,23H,15-16H2. The van der Waals surface area contributed by atoms with Crippen LogP contribution < -0.4 is 4.90 Å². The molecule has 0 saturated heterocycles. The third-order valence-electron chi connectivity index (χ3n) is 5.79. The van der Waals surface area contributed by atoms with Gasteiger partial charge >= 0.3 is 0 Å². The predicted molar refractivity (Wildman–Crippen MR) is 114 cm³/mol. The number of nitrogens with zero attached hydrogens (tertiary/aromatic N) is 1. The van der Waals surface area contributed by atoms with Gasteiger partial charge in [0.05, 0.1) is 6.54 Å². The molecular formula is C26H19F2NO. The molecule has 0 radical (unpaired) electrons. The van der Waals surface area contributed by atoms with Gasteiger partial charge in [-0.15, -0.1) is 0 Å². The van der Waals surface area contributed by atoms with Crippen molar-refractivity contribution in [3.05, 3.63) is 113 Å². The number of hydrogen-bond acceptors (Lipinski definition) is 1. The van der Waals surface area contributed by atoms with Crippen LogP contribution in [-0.4, -0.2) is 5.91 Å². The average Bonchev–Trinajstić information content (AvgIpc) is 2.77. The summed E-state index contributed by atoms with van der Waals surface area (Å²) in [7, 11) is 0. The van der Waals surface area contributed by atoms with Crippen LogP contribution in [0.4, 0.5) is 14.5 Å². The molecule has 30 heavy (non-hydrogen) atoms. The maximum absolute atomic E-state index is 13.5. The van der Waals surface area contributed by atoms with Crippen molar-refractivity contribution in [2.75, 3.05) is 4.90 Å². The number of halogens is 2. The van der Waals surface area contributed by atoms with E-state index in [1.54, 1.807) is 29.2 Å². The maximum atomic E-state index is 13.5. The van der Waals surface area contributed by atoms with E-state index in [9.17, 15) is 13.6 Å². The van der Waals surface area contributed by atoms with Gasteiger partial charge in [0.15, 0.2) is 0 Å². The molecule has 0 fully saturated rings. The Morgan fingerprint density at radius 1 is 0.800 bits per heavy atom. The zero-order valence-electron chi connectivity index (χ0n) is 16.2. The van der Waals surface area contributed by atoms with Crippen LogP contribution in [0.5, 0.6) is 0 Å². The minimum atomic E-state index is -0.300. The number of anilines is 1. The van der Waals surface area contributed by atoms with E-state index in [0.717, 1.165) is 33.2 Å². The van der Waals surface area contributed by atoms with Crippen molar-refractivity contribution in [3.8, 4) is 0 Å². The second-order valence-corrected chi connectivity index (χ2v) is 7.63. The first-order valence-electron chi connectivity index (χ1n) is 9.92. The molecule has 0 spiro atoms. The van der Waals surface area contributed by atoms with E-state index in [4.69, 9.17) is 0 Å². The van der Waals surface area contributed by atoms with Gasteiger partial charge in [-0.2, -0.15) is 0 Å². The highest BCUT2D eigenvalue weighted by molar-refractivity contribution is 6.03. The lowest BCUT2D eigenvalue weighted by Crippen LogP contribution is -2.36. The Morgan fingerprint density at radius 3 is 2.20 bits per heavy atom. The second kappa shape index (κ2) is 7.38. The molecule has 1 heterocycles. The maximum Gasteiger partial charge on any atom is 0.228 e. The largest absolute Gasteiger partial charge is 0.308 e. The Kier molecular flexibility index (Phi) is 4.55. The van der Waals surface area contributed by atoms with E-state index >= 15 is 0 Å². The zero-order chi connectivity index (χ0) is 20.7. The molecule has 0 saturated carbocycles. The van der Waals surface area contributed by atoms with Crippen LogP contribution in [0.15, 0.2) is 84.9 Å². The Morgan fingerprint density at radius 2 is 1.47 bits per heavy atom. The van der Waals surface area contributed by atoms with Gasteiger partial charge in [-0.25, -0.2) is 8.78 Å². The third-order valence-corrected chi connectivity index (χ3v) is 5.79. The average molecular weight is 399 g/mol. The highest BCUT2D eigenvalue weighted by Crippen LogP contribution is 2.44. The highest BCUT2D eigenvalue weighted by Gasteiger charge is 2.33. The Hall–Kier alpha value is -3.53. The molecule has 2 nitrogen and oxygen atoms in total.